The monoisotopic (exact) mass is 479 g/mol. The molecule has 4 aromatic rings. The largest absolute Gasteiger partial charge is 0.485 e. The Morgan fingerprint density at radius 2 is 1.37 bits per heavy atom. The van der Waals surface area contributed by atoms with Crippen LogP contribution in [0, 0.1) is 0 Å². The van der Waals surface area contributed by atoms with Crippen molar-refractivity contribution in [1.29, 1.82) is 0 Å². The van der Waals surface area contributed by atoms with E-state index in [1.165, 1.54) is 0 Å². The van der Waals surface area contributed by atoms with Crippen LogP contribution in [0.4, 0.5) is 0 Å². The highest BCUT2D eigenvalue weighted by Crippen LogP contribution is 2.37. The Labute approximate surface area is 211 Å². The first kappa shape index (κ1) is 22.9. The highest BCUT2D eigenvalue weighted by molar-refractivity contribution is 6.30. The fraction of sp³-hybridized carbons (Fsp3) is 0.129. The molecule has 0 saturated heterocycles. The number of ether oxygens (including phenoxy) is 2. The number of aliphatic imine (C=N–C) groups is 1. The summed E-state index contributed by atoms with van der Waals surface area (Å²) in [6.45, 7) is 1.67. The summed E-state index contributed by atoms with van der Waals surface area (Å²) in [6.07, 6.45) is 4.93. The second-order valence-corrected chi connectivity index (χ2v) is 8.81. The van der Waals surface area contributed by atoms with Gasteiger partial charge in [-0.05, 0) is 53.5 Å². The maximum atomic E-state index is 6.42. The minimum Gasteiger partial charge on any atom is -0.485 e. The average Bonchev–Trinajstić information content (AvgIpc) is 2.91. The maximum Gasteiger partial charge on any atom is 0.165 e. The van der Waals surface area contributed by atoms with Crippen molar-refractivity contribution in [3.05, 3.63) is 136 Å². The molecule has 0 aromatic heterocycles. The molecule has 5 rings (SSSR count). The number of rotatable bonds is 8. The molecule has 4 heteroatoms. The van der Waals surface area contributed by atoms with E-state index >= 15 is 0 Å². The highest BCUT2D eigenvalue weighted by Gasteiger charge is 2.21. The van der Waals surface area contributed by atoms with E-state index in [9.17, 15) is 0 Å². The zero-order chi connectivity index (χ0) is 23.9. The summed E-state index contributed by atoms with van der Waals surface area (Å²) in [5, 5.41) is 0.728. The topological polar surface area (TPSA) is 30.8 Å². The van der Waals surface area contributed by atoms with Gasteiger partial charge in [0.2, 0.25) is 0 Å². The molecule has 4 aromatic carbocycles. The zero-order valence-electron chi connectivity index (χ0n) is 19.4. The van der Waals surface area contributed by atoms with Crippen LogP contribution in [0.1, 0.15) is 27.8 Å². The van der Waals surface area contributed by atoms with E-state index in [0.717, 1.165) is 56.5 Å². The summed E-state index contributed by atoms with van der Waals surface area (Å²) in [6, 6.07) is 32.3. The minimum atomic E-state index is 0.478. The fourth-order valence-corrected chi connectivity index (χ4v) is 4.22. The van der Waals surface area contributed by atoms with Crippen LogP contribution < -0.4 is 9.47 Å². The van der Waals surface area contributed by atoms with Gasteiger partial charge in [-0.15, -0.1) is 0 Å². The number of allylic oxidation sites excluding steroid dienone is 1. The molecule has 1 heterocycles. The van der Waals surface area contributed by atoms with Crippen LogP contribution in [-0.4, -0.2) is 12.3 Å². The molecule has 0 aliphatic carbocycles. The number of fused-ring (bicyclic) bond motifs is 1. The number of hydrogen-bond donors (Lipinski definition) is 0. The van der Waals surface area contributed by atoms with Gasteiger partial charge in [0.15, 0.2) is 11.5 Å². The first-order valence-corrected chi connectivity index (χ1v) is 12.1. The van der Waals surface area contributed by atoms with E-state index in [-0.39, 0.29) is 0 Å². The van der Waals surface area contributed by atoms with Crippen LogP contribution >= 0.6 is 11.6 Å². The molecule has 0 fully saturated rings. The van der Waals surface area contributed by atoms with Gasteiger partial charge in [-0.1, -0.05) is 90.5 Å². The molecule has 3 nitrogen and oxygen atoms in total. The quantitative estimate of drug-likeness (QED) is 0.261. The fourth-order valence-electron chi connectivity index (χ4n) is 4.10. The van der Waals surface area contributed by atoms with Crippen molar-refractivity contribution in [2.75, 3.05) is 6.54 Å². The van der Waals surface area contributed by atoms with Crippen LogP contribution in [0.15, 0.2) is 108 Å². The van der Waals surface area contributed by atoms with E-state index in [0.29, 0.717) is 19.8 Å². The van der Waals surface area contributed by atoms with Crippen molar-refractivity contribution in [2.45, 2.75) is 19.6 Å². The van der Waals surface area contributed by atoms with E-state index < -0.39 is 0 Å². The molecule has 0 N–H and O–H groups in total. The van der Waals surface area contributed by atoms with Crippen molar-refractivity contribution in [3.8, 4) is 11.5 Å². The van der Waals surface area contributed by atoms with Gasteiger partial charge in [-0.2, -0.15) is 0 Å². The number of benzene rings is 4. The lowest BCUT2D eigenvalue weighted by Crippen LogP contribution is -2.14. The molecule has 0 amide bonds. The molecule has 35 heavy (non-hydrogen) atoms. The third kappa shape index (κ3) is 5.82. The normalized spacial score (nSPS) is 12.8. The first-order chi connectivity index (χ1) is 17.3. The lowest BCUT2D eigenvalue weighted by Gasteiger charge is -2.22. The molecular formula is C31H26ClNO2. The van der Waals surface area contributed by atoms with Gasteiger partial charge in [0.1, 0.15) is 13.2 Å². The Kier molecular flexibility index (Phi) is 7.26. The van der Waals surface area contributed by atoms with Crippen LogP contribution in [0.2, 0.25) is 5.02 Å². The summed E-state index contributed by atoms with van der Waals surface area (Å²) in [4.78, 5) is 4.79. The summed E-state index contributed by atoms with van der Waals surface area (Å²) in [5.74, 6) is 1.56. The standard InChI is InChI=1S/C31H26ClNO2/c32-26-14-11-23(12-15-26)13-17-29-27-16-18-30(34-21-24-7-3-1-4-8-24)31(28(27)19-20-33-29)35-22-25-9-5-2-6-10-25/h1-18H,19-22H2. The lowest BCUT2D eigenvalue weighted by molar-refractivity contribution is 0.253. The minimum absolute atomic E-state index is 0.478. The van der Waals surface area contributed by atoms with Crippen LogP contribution in [-0.2, 0) is 19.6 Å². The molecule has 1 aliphatic rings. The van der Waals surface area contributed by atoms with E-state index in [1.54, 1.807) is 0 Å². The lowest BCUT2D eigenvalue weighted by atomic mass is 9.95. The predicted molar refractivity (Wildman–Crippen MR) is 144 cm³/mol. The number of nitrogens with zero attached hydrogens (tertiary/aromatic N) is 1. The van der Waals surface area contributed by atoms with Crippen molar-refractivity contribution in [3.63, 3.8) is 0 Å². The molecule has 0 atom stereocenters. The molecule has 1 aliphatic heterocycles. The molecule has 0 saturated carbocycles. The average molecular weight is 480 g/mol. The summed E-state index contributed by atoms with van der Waals surface area (Å²) in [5.41, 5.74) is 6.47. The van der Waals surface area contributed by atoms with Crippen LogP contribution in [0.5, 0.6) is 11.5 Å². The van der Waals surface area contributed by atoms with Gasteiger partial charge < -0.3 is 9.47 Å². The van der Waals surface area contributed by atoms with Crippen molar-refractivity contribution < 1.29 is 9.47 Å². The van der Waals surface area contributed by atoms with E-state index in [1.807, 2.05) is 66.7 Å². The van der Waals surface area contributed by atoms with Gasteiger partial charge in [0.25, 0.3) is 0 Å². The Morgan fingerprint density at radius 1 is 0.714 bits per heavy atom. The summed E-state index contributed by atoms with van der Waals surface area (Å²) >= 11 is 6.02. The van der Waals surface area contributed by atoms with E-state index in [4.69, 9.17) is 26.1 Å². The molecule has 0 radical (unpaired) electrons. The van der Waals surface area contributed by atoms with Crippen LogP contribution in [0.25, 0.3) is 6.08 Å². The van der Waals surface area contributed by atoms with Gasteiger partial charge in [0.05, 0.1) is 5.71 Å². The first-order valence-electron chi connectivity index (χ1n) is 11.7. The molecular weight excluding hydrogens is 454 g/mol. The van der Waals surface area contributed by atoms with Gasteiger partial charge in [0, 0.05) is 22.7 Å². The maximum absolute atomic E-state index is 6.42. The van der Waals surface area contributed by atoms with Crippen molar-refractivity contribution >= 4 is 23.4 Å². The summed E-state index contributed by atoms with van der Waals surface area (Å²) < 4.78 is 12.7. The van der Waals surface area contributed by atoms with Crippen molar-refractivity contribution in [2.24, 2.45) is 4.99 Å². The van der Waals surface area contributed by atoms with E-state index in [2.05, 4.69) is 42.5 Å². The van der Waals surface area contributed by atoms with Crippen molar-refractivity contribution in [1.82, 2.24) is 0 Å². The smallest absolute Gasteiger partial charge is 0.165 e. The van der Waals surface area contributed by atoms with Gasteiger partial charge in [-0.3, -0.25) is 4.99 Å². The number of hydrogen-bond acceptors (Lipinski definition) is 3. The highest BCUT2D eigenvalue weighted by atomic mass is 35.5. The summed E-state index contributed by atoms with van der Waals surface area (Å²) in [7, 11) is 0. The Hall–Kier alpha value is -3.82. The third-order valence-electron chi connectivity index (χ3n) is 5.91. The molecule has 0 unspecified atom stereocenters. The number of halogens is 1. The van der Waals surface area contributed by atoms with Crippen LogP contribution in [0.3, 0.4) is 0 Å². The SMILES string of the molecule is Clc1ccc(C=CC2=NCCc3c2ccc(OCc2ccccc2)c3OCc2ccccc2)cc1. The third-order valence-corrected chi connectivity index (χ3v) is 6.16. The zero-order valence-corrected chi connectivity index (χ0v) is 20.1. The molecule has 0 bridgehead atoms. The predicted octanol–water partition coefficient (Wildman–Crippen LogP) is 7.56. The Bertz CT molecular complexity index is 1330. The van der Waals surface area contributed by atoms with Gasteiger partial charge >= 0.3 is 0 Å². The Balaban J connectivity index is 1.44. The van der Waals surface area contributed by atoms with Gasteiger partial charge in [-0.25, -0.2) is 0 Å². The second-order valence-electron chi connectivity index (χ2n) is 8.37. The molecule has 0 spiro atoms. The Morgan fingerprint density at radius 3 is 2.06 bits per heavy atom. The second kappa shape index (κ2) is 11.1. The molecule has 174 valence electrons.